The number of unbranched alkanes of at least 4 members (excludes halogenated alkanes) is 1. The molecule has 0 saturated heterocycles. The van der Waals surface area contributed by atoms with Crippen LogP contribution in [0.3, 0.4) is 0 Å². The van der Waals surface area contributed by atoms with E-state index in [4.69, 9.17) is 5.26 Å². The van der Waals surface area contributed by atoms with E-state index in [1.165, 1.54) is 0 Å². The lowest BCUT2D eigenvalue weighted by Crippen LogP contribution is -2.49. The topological polar surface area (TPSA) is 64.9 Å². The van der Waals surface area contributed by atoms with Gasteiger partial charge in [-0.1, -0.05) is 6.42 Å². The van der Waals surface area contributed by atoms with Gasteiger partial charge in [0.2, 0.25) is 5.91 Å². The molecule has 1 amide bonds. The summed E-state index contributed by atoms with van der Waals surface area (Å²) in [7, 11) is 0. The van der Waals surface area contributed by atoms with E-state index in [-0.39, 0.29) is 22.9 Å². The first kappa shape index (κ1) is 17.9. The third kappa shape index (κ3) is 9.49. The Morgan fingerprint density at radius 2 is 1.79 bits per heavy atom. The third-order valence-corrected chi connectivity index (χ3v) is 2.87. The van der Waals surface area contributed by atoms with Crippen LogP contribution >= 0.6 is 0 Å². The molecule has 4 heteroatoms. The van der Waals surface area contributed by atoms with Crippen molar-refractivity contribution >= 4 is 5.91 Å². The van der Waals surface area contributed by atoms with Crippen molar-refractivity contribution in [2.75, 3.05) is 6.54 Å². The van der Waals surface area contributed by atoms with Gasteiger partial charge in [-0.05, 0) is 60.9 Å². The highest BCUT2D eigenvalue weighted by Gasteiger charge is 2.19. The normalized spacial score (nSPS) is 13.7. The Bertz CT molecular complexity index is 323. The fourth-order valence-corrected chi connectivity index (χ4v) is 1.64. The Morgan fingerprint density at radius 1 is 1.21 bits per heavy atom. The highest BCUT2D eigenvalue weighted by atomic mass is 16.2. The number of nitrogens with one attached hydrogen (secondary N) is 2. The average Bonchev–Trinajstić information content (AvgIpc) is 2.26. The Labute approximate surface area is 118 Å². The molecule has 0 spiro atoms. The Kier molecular flexibility index (Phi) is 7.07. The molecule has 0 aromatic rings. The summed E-state index contributed by atoms with van der Waals surface area (Å²) >= 11 is 0. The van der Waals surface area contributed by atoms with Crippen LogP contribution < -0.4 is 10.6 Å². The van der Waals surface area contributed by atoms with E-state index in [1.54, 1.807) is 0 Å². The minimum atomic E-state index is -0.241. The van der Waals surface area contributed by atoms with Crippen molar-refractivity contribution < 1.29 is 4.79 Å². The second kappa shape index (κ2) is 7.49. The van der Waals surface area contributed by atoms with Crippen molar-refractivity contribution in [3.63, 3.8) is 0 Å². The van der Waals surface area contributed by atoms with Crippen molar-refractivity contribution in [3.05, 3.63) is 0 Å². The Hall–Kier alpha value is -1.08. The highest BCUT2D eigenvalue weighted by Crippen LogP contribution is 2.21. The van der Waals surface area contributed by atoms with Gasteiger partial charge >= 0.3 is 0 Å². The van der Waals surface area contributed by atoms with E-state index < -0.39 is 0 Å². The lowest BCUT2D eigenvalue weighted by Gasteiger charge is -2.23. The molecule has 0 aromatic carbocycles. The average molecular weight is 267 g/mol. The summed E-state index contributed by atoms with van der Waals surface area (Å²) in [6.45, 7) is 12.5. The summed E-state index contributed by atoms with van der Waals surface area (Å²) in [4.78, 5) is 11.8. The van der Waals surface area contributed by atoms with Crippen LogP contribution in [0.4, 0.5) is 0 Å². The summed E-state index contributed by atoms with van der Waals surface area (Å²) in [6.07, 6.45) is 2.88. The molecule has 0 radical (unpaired) electrons. The summed E-state index contributed by atoms with van der Waals surface area (Å²) in [5.41, 5.74) is -0.431. The number of hydrogen-bond donors (Lipinski definition) is 2. The van der Waals surface area contributed by atoms with Crippen LogP contribution in [-0.2, 0) is 4.79 Å². The standard InChI is InChI=1S/C15H29N3O/c1-12(13(19)18-14(2,3)4)17-10-8-7-9-15(5,6)11-16/h12,17H,7-10H2,1-6H3,(H,18,19). The van der Waals surface area contributed by atoms with E-state index in [2.05, 4.69) is 16.7 Å². The minimum Gasteiger partial charge on any atom is -0.350 e. The zero-order chi connectivity index (χ0) is 15.1. The zero-order valence-corrected chi connectivity index (χ0v) is 13.3. The second-order valence-corrected chi connectivity index (χ2v) is 6.87. The van der Waals surface area contributed by atoms with Crippen molar-refractivity contribution in [1.82, 2.24) is 10.6 Å². The van der Waals surface area contributed by atoms with Gasteiger partial charge < -0.3 is 10.6 Å². The maximum absolute atomic E-state index is 11.8. The predicted octanol–water partition coefficient (Wildman–Crippen LogP) is 2.60. The zero-order valence-electron chi connectivity index (χ0n) is 13.3. The second-order valence-electron chi connectivity index (χ2n) is 6.87. The molecule has 110 valence electrons. The molecule has 0 rings (SSSR count). The van der Waals surface area contributed by atoms with Gasteiger partial charge in [0.15, 0.2) is 0 Å². The van der Waals surface area contributed by atoms with Gasteiger partial charge in [-0.3, -0.25) is 4.79 Å². The van der Waals surface area contributed by atoms with Crippen LogP contribution in [0.25, 0.3) is 0 Å². The van der Waals surface area contributed by atoms with Crippen molar-refractivity contribution in [2.45, 2.75) is 72.4 Å². The lowest BCUT2D eigenvalue weighted by atomic mass is 9.89. The molecule has 0 heterocycles. The molecule has 2 N–H and O–H groups in total. The summed E-state index contributed by atoms with van der Waals surface area (Å²) in [5, 5.41) is 15.1. The summed E-state index contributed by atoms with van der Waals surface area (Å²) in [6, 6.07) is 2.12. The Balaban J connectivity index is 3.79. The maximum atomic E-state index is 11.8. The number of amides is 1. The summed E-state index contributed by atoms with van der Waals surface area (Å²) < 4.78 is 0. The Morgan fingerprint density at radius 3 is 2.26 bits per heavy atom. The highest BCUT2D eigenvalue weighted by molar-refractivity contribution is 5.81. The molecule has 0 bridgehead atoms. The molecule has 1 atom stereocenters. The van der Waals surface area contributed by atoms with Crippen LogP contribution in [0, 0.1) is 16.7 Å². The maximum Gasteiger partial charge on any atom is 0.237 e. The molecule has 1 unspecified atom stereocenters. The third-order valence-electron chi connectivity index (χ3n) is 2.87. The molecule has 0 aliphatic heterocycles. The monoisotopic (exact) mass is 267 g/mol. The van der Waals surface area contributed by atoms with Gasteiger partial charge in [-0.15, -0.1) is 0 Å². The van der Waals surface area contributed by atoms with Crippen LogP contribution in [0.15, 0.2) is 0 Å². The molecule has 0 fully saturated rings. The molecule has 0 aliphatic rings. The van der Waals surface area contributed by atoms with Crippen LogP contribution in [0.5, 0.6) is 0 Å². The molecule has 0 aliphatic carbocycles. The summed E-state index contributed by atoms with van der Waals surface area (Å²) in [5.74, 6) is 0.0323. The molecular weight excluding hydrogens is 238 g/mol. The van der Waals surface area contributed by atoms with Gasteiger partial charge in [0.1, 0.15) is 0 Å². The fraction of sp³-hybridized carbons (Fsp3) is 0.867. The first-order valence-corrected chi connectivity index (χ1v) is 7.04. The smallest absolute Gasteiger partial charge is 0.237 e. The molecule has 0 saturated carbocycles. The van der Waals surface area contributed by atoms with Gasteiger partial charge in [0, 0.05) is 5.54 Å². The number of rotatable bonds is 7. The molecule has 4 nitrogen and oxygen atoms in total. The SMILES string of the molecule is CC(NCCCCC(C)(C)C#N)C(=O)NC(C)(C)C. The quantitative estimate of drug-likeness (QED) is 0.697. The lowest BCUT2D eigenvalue weighted by molar-refractivity contribution is -0.124. The number of nitriles is 1. The first-order valence-electron chi connectivity index (χ1n) is 7.04. The number of hydrogen-bond acceptors (Lipinski definition) is 3. The minimum absolute atomic E-state index is 0.0323. The van der Waals surface area contributed by atoms with Crippen molar-refractivity contribution in [1.29, 1.82) is 5.26 Å². The van der Waals surface area contributed by atoms with E-state index in [0.29, 0.717) is 0 Å². The van der Waals surface area contributed by atoms with E-state index in [0.717, 1.165) is 25.8 Å². The van der Waals surface area contributed by atoms with Crippen LogP contribution in [-0.4, -0.2) is 24.0 Å². The van der Waals surface area contributed by atoms with Gasteiger partial charge in [-0.25, -0.2) is 0 Å². The van der Waals surface area contributed by atoms with Gasteiger partial charge in [0.05, 0.1) is 17.5 Å². The van der Waals surface area contributed by atoms with Crippen molar-refractivity contribution in [2.24, 2.45) is 5.41 Å². The van der Waals surface area contributed by atoms with Crippen molar-refractivity contribution in [3.8, 4) is 6.07 Å². The largest absolute Gasteiger partial charge is 0.350 e. The van der Waals surface area contributed by atoms with Gasteiger partial charge in [-0.2, -0.15) is 5.26 Å². The first-order chi connectivity index (χ1) is 8.57. The van der Waals surface area contributed by atoms with Crippen LogP contribution in [0.1, 0.15) is 60.8 Å². The predicted molar refractivity (Wildman–Crippen MR) is 78.6 cm³/mol. The van der Waals surface area contributed by atoms with Gasteiger partial charge in [0.25, 0.3) is 0 Å². The van der Waals surface area contributed by atoms with E-state index >= 15 is 0 Å². The van der Waals surface area contributed by atoms with E-state index in [9.17, 15) is 4.79 Å². The molecule has 0 aromatic heterocycles. The number of carbonyl (C=O) groups excluding carboxylic acids is 1. The molecular formula is C15H29N3O. The number of carbonyl (C=O) groups is 1. The van der Waals surface area contributed by atoms with Crippen LogP contribution in [0.2, 0.25) is 0 Å². The number of nitrogens with zero attached hydrogens (tertiary/aromatic N) is 1. The fourth-order valence-electron chi connectivity index (χ4n) is 1.64. The van der Waals surface area contributed by atoms with E-state index in [1.807, 2.05) is 41.5 Å². The molecule has 19 heavy (non-hydrogen) atoms.